The normalized spacial score (nSPS) is 10.1. The number of benzene rings is 2. The Kier molecular flexibility index (Phi) is 3.99. The van der Waals surface area contributed by atoms with Gasteiger partial charge in [-0.1, -0.05) is 15.9 Å². The van der Waals surface area contributed by atoms with Crippen molar-refractivity contribution < 1.29 is 19.6 Å². The Hall–Kier alpha value is -2.41. The van der Waals surface area contributed by atoms with Crippen molar-refractivity contribution in [2.45, 2.75) is 0 Å². The summed E-state index contributed by atoms with van der Waals surface area (Å²) < 4.78 is 6.05. The van der Waals surface area contributed by atoms with Crippen molar-refractivity contribution in [2.75, 3.05) is 0 Å². The van der Waals surface area contributed by atoms with Gasteiger partial charge in [-0.15, -0.1) is 0 Å². The molecule has 0 fully saturated rings. The molecule has 0 aromatic heterocycles. The molecule has 0 atom stereocenters. The fourth-order valence-corrected chi connectivity index (χ4v) is 1.88. The maximum Gasteiger partial charge on any atom is 0.339 e. The molecule has 0 saturated carbocycles. The van der Waals surface area contributed by atoms with Crippen LogP contribution >= 0.6 is 15.9 Å². The molecule has 0 heterocycles. The van der Waals surface area contributed by atoms with Gasteiger partial charge in [0.1, 0.15) is 17.1 Å². The number of hydrogen-bond donors (Lipinski definition) is 1. The van der Waals surface area contributed by atoms with Crippen LogP contribution in [0.25, 0.3) is 0 Å². The summed E-state index contributed by atoms with van der Waals surface area (Å²) in [6, 6.07) is 9.96. The minimum atomic E-state index is -1.12. The number of nitro groups is 1. The third kappa shape index (κ3) is 3.12. The summed E-state index contributed by atoms with van der Waals surface area (Å²) in [6.07, 6.45) is 0. The second-order valence-corrected chi connectivity index (χ2v) is 4.71. The summed E-state index contributed by atoms with van der Waals surface area (Å²) in [5, 5.41) is 19.6. The largest absolute Gasteiger partial charge is 0.478 e. The summed E-state index contributed by atoms with van der Waals surface area (Å²) in [5.41, 5.74) is -0.0654. The van der Waals surface area contributed by atoms with Crippen LogP contribution in [0.4, 0.5) is 5.69 Å². The number of rotatable bonds is 4. The highest BCUT2D eigenvalue weighted by Gasteiger charge is 2.13. The zero-order valence-corrected chi connectivity index (χ0v) is 11.5. The molecule has 102 valence electrons. The van der Waals surface area contributed by atoms with Crippen LogP contribution in [0.15, 0.2) is 46.9 Å². The predicted octanol–water partition coefficient (Wildman–Crippen LogP) is 3.85. The predicted molar refractivity (Wildman–Crippen MR) is 74.3 cm³/mol. The van der Waals surface area contributed by atoms with Gasteiger partial charge in [-0.3, -0.25) is 10.1 Å². The Morgan fingerprint density at radius 2 is 1.85 bits per heavy atom. The number of carboxylic acid groups (broad SMARTS) is 1. The maximum absolute atomic E-state index is 11.1. The Morgan fingerprint density at radius 1 is 1.20 bits per heavy atom. The third-order valence-corrected chi connectivity index (χ3v) is 2.94. The lowest BCUT2D eigenvalue weighted by molar-refractivity contribution is -0.384. The minimum Gasteiger partial charge on any atom is -0.478 e. The molecule has 2 aromatic carbocycles. The lowest BCUT2D eigenvalue weighted by atomic mass is 10.2. The van der Waals surface area contributed by atoms with Gasteiger partial charge in [0, 0.05) is 16.6 Å². The van der Waals surface area contributed by atoms with Gasteiger partial charge < -0.3 is 9.84 Å². The van der Waals surface area contributed by atoms with Gasteiger partial charge in [-0.05, 0) is 30.3 Å². The number of aromatic carboxylic acids is 1. The van der Waals surface area contributed by atoms with Crippen molar-refractivity contribution in [2.24, 2.45) is 0 Å². The Bertz CT molecular complexity index is 669. The van der Waals surface area contributed by atoms with E-state index in [-0.39, 0.29) is 17.0 Å². The molecule has 7 heteroatoms. The molecule has 0 aliphatic heterocycles. The molecule has 0 bridgehead atoms. The van der Waals surface area contributed by atoms with E-state index in [1.807, 2.05) is 0 Å². The van der Waals surface area contributed by atoms with Crippen molar-refractivity contribution in [3.63, 3.8) is 0 Å². The number of halogens is 1. The summed E-state index contributed by atoms with van der Waals surface area (Å²) in [7, 11) is 0. The third-order valence-electron chi connectivity index (χ3n) is 2.45. The van der Waals surface area contributed by atoms with Crippen molar-refractivity contribution in [3.8, 4) is 11.5 Å². The van der Waals surface area contributed by atoms with Gasteiger partial charge in [0.25, 0.3) is 5.69 Å². The zero-order valence-electron chi connectivity index (χ0n) is 9.95. The molecule has 0 amide bonds. The average Bonchev–Trinajstić information content (AvgIpc) is 2.41. The van der Waals surface area contributed by atoms with Crippen molar-refractivity contribution >= 4 is 27.6 Å². The molecule has 0 radical (unpaired) electrons. The van der Waals surface area contributed by atoms with Crippen LogP contribution in [0.3, 0.4) is 0 Å². The molecule has 20 heavy (non-hydrogen) atoms. The van der Waals surface area contributed by atoms with E-state index in [0.29, 0.717) is 10.2 Å². The second kappa shape index (κ2) is 5.70. The fourth-order valence-electron chi connectivity index (χ4n) is 1.52. The van der Waals surface area contributed by atoms with E-state index in [9.17, 15) is 14.9 Å². The Balaban J connectivity index is 2.30. The number of nitrogens with zero attached hydrogens (tertiary/aromatic N) is 1. The van der Waals surface area contributed by atoms with Crippen LogP contribution in [0.2, 0.25) is 0 Å². The van der Waals surface area contributed by atoms with Crippen LogP contribution in [-0.2, 0) is 0 Å². The van der Waals surface area contributed by atoms with E-state index in [4.69, 9.17) is 9.84 Å². The van der Waals surface area contributed by atoms with Crippen LogP contribution in [-0.4, -0.2) is 16.0 Å². The smallest absolute Gasteiger partial charge is 0.339 e. The summed E-state index contributed by atoms with van der Waals surface area (Å²) in [6.45, 7) is 0. The standard InChI is InChI=1S/C13H8BrNO5/c14-8-1-6-12(11(7-8)13(16)17)20-10-4-2-9(3-5-10)15(18)19/h1-7H,(H,16,17). The van der Waals surface area contributed by atoms with Gasteiger partial charge in [0.2, 0.25) is 0 Å². The van der Waals surface area contributed by atoms with Gasteiger partial charge in [-0.2, -0.15) is 0 Å². The molecular weight excluding hydrogens is 330 g/mol. The van der Waals surface area contributed by atoms with Gasteiger partial charge in [-0.25, -0.2) is 4.79 Å². The van der Waals surface area contributed by atoms with E-state index in [0.717, 1.165) is 0 Å². The number of carboxylic acids is 1. The maximum atomic E-state index is 11.1. The minimum absolute atomic E-state index is 0.00210. The van der Waals surface area contributed by atoms with Gasteiger partial charge in [0.15, 0.2) is 0 Å². The average molecular weight is 338 g/mol. The SMILES string of the molecule is O=C(O)c1cc(Br)ccc1Oc1ccc([N+](=O)[O-])cc1. The van der Waals surface area contributed by atoms with Crippen LogP contribution in [0.1, 0.15) is 10.4 Å². The van der Waals surface area contributed by atoms with E-state index in [1.54, 1.807) is 6.07 Å². The highest BCUT2D eigenvalue weighted by atomic mass is 79.9. The molecule has 0 unspecified atom stereocenters. The Labute approximate surface area is 121 Å². The van der Waals surface area contributed by atoms with Crippen molar-refractivity contribution in [1.82, 2.24) is 0 Å². The number of non-ortho nitro benzene ring substituents is 1. The van der Waals surface area contributed by atoms with E-state index in [2.05, 4.69) is 15.9 Å². The molecule has 0 saturated heterocycles. The first-order chi connectivity index (χ1) is 9.47. The molecule has 0 spiro atoms. The van der Waals surface area contributed by atoms with Crippen LogP contribution in [0.5, 0.6) is 11.5 Å². The molecule has 6 nitrogen and oxygen atoms in total. The van der Waals surface area contributed by atoms with Gasteiger partial charge >= 0.3 is 5.97 Å². The quantitative estimate of drug-likeness (QED) is 0.676. The Morgan fingerprint density at radius 3 is 2.40 bits per heavy atom. The summed E-state index contributed by atoms with van der Waals surface area (Å²) >= 11 is 3.18. The van der Waals surface area contributed by atoms with Gasteiger partial charge in [0.05, 0.1) is 4.92 Å². The topological polar surface area (TPSA) is 89.7 Å². The highest BCUT2D eigenvalue weighted by Crippen LogP contribution is 2.29. The number of carbonyl (C=O) groups is 1. The number of hydrogen-bond acceptors (Lipinski definition) is 4. The van der Waals surface area contributed by atoms with Crippen molar-refractivity contribution in [1.29, 1.82) is 0 Å². The van der Waals surface area contributed by atoms with E-state index < -0.39 is 10.9 Å². The molecule has 0 aliphatic rings. The molecule has 1 N–H and O–H groups in total. The first-order valence-corrected chi connectivity index (χ1v) is 6.22. The first-order valence-electron chi connectivity index (χ1n) is 5.42. The van der Waals surface area contributed by atoms with Crippen LogP contribution < -0.4 is 4.74 Å². The highest BCUT2D eigenvalue weighted by molar-refractivity contribution is 9.10. The fraction of sp³-hybridized carbons (Fsp3) is 0. The van der Waals surface area contributed by atoms with E-state index >= 15 is 0 Å². The lowest BCUT2D eigenvalue weighted by Gasteiger charge is -2.08. The number of ether oxygens (including phenoxy) is 1. The molecule has 2 aromatic rings. The van der Waals surface area contributed by atoms with Crippen molar-refractivity contribution in [3.05, 3.63) is 62.6 Å². The zero-order chi connectivity index (χ0) is 14.7. The summed E-state index contributed by atoms with van der Waals surface area (Å²) in [5.74, 6) is -0.641. The molecular formula is C13H8BrNO5. The molecule has 2 rings (SSSR count). The second-order valence-electron chi connectivity index (χ2n) is 3.80. The van der Waals surface area contributed by atoms with E-state index in [1.165, 1.54) is 36.4 Å². The lowest BCUT2D eigenvalue weighted by Crippen LogP contribution is -2.00. The first kappa shape index (κ1) is 14.0. The van der Waals surface area contributed by atoms with Crippen LogP contribution in [0, 0.1) is 10.1 Å². The summed E-state index contributed by atoms with van der Waals surface area (Å²) in [4.78, 5) is 21.1. The number of nitro benzene ring substituents is 1. The monoisotopic (exact) mass is 337 g/mol. The molecule has 0 aliphatic carbocycles.